The molecule has 3 heterocycles. The minimum atomic E-state index is -0.902. The smallest absolute Gasteiger partial charge is 0.461 e. The summed E-state index contributed by atoms with van der Waals surface area (Å²) in [6.07, 6.45) is -3.63. The van der Waals surface area contributed by atoms with Crippen molar-refractivity contribution in [2.75, 3.05) is 7.11 Å². The normalized spacial score (nSPS) is 29.7. The lowest BCUT2D eigenvalue weighted by molar-refractivity contribution is -0.282. The molecular weight excluding hydrogens is 344 g/mol. The van der Waals surface area contributed by atoms with Gasteiger partial charge in [-0.25, -0.2) is 9.59 Å². The van der Waals surface area contributed by atoms with Gasteiger partial charge in [-0.15, -0.1) is 0 Å². The second-order valence-corrected chi connectivity index (χ2v) is 6.73. The minimum absolute atomic E-state index is 0.385. The van der Waals surface area contributed by atoms with E-state index < -0.39 is 42.0 Å². The third-order valence-corrected chi connectivity index (χ3v) is 4.56. The Morgan fingerprint density at radius 1 is 1.04 bits per heavy atom. The Bertz CT molecular complexity index is 901. The van der Waals surface area contributed by atoms with Gasteiger partial charge in [0.1, 0.15) is 17.4 Å². The molecule has 2 aromatic rings. The van der Waals surface area contributed by atoms with Crippen LogP contribution in [-0.4, -0.2) is 43.5 Å². The monoisotopic (exact) mass is 362 g/mol. The number of ether oxygens (including phenoxy) is 5. The van der Waals surface area contributed by atoms with E-state index in [4.69, 9.17) is 28.1 Å². The van der Waals surface area contributed by atoms with Crippen molar-refractivity contribution >= 4 is 17.1 Å². The molecule has 4 rings (SSSR count). The minimum Gasteiger partial charge on any atom is -0.461 e. The van der Waals surface area contributed by atoms with Gasteiger partial charge in [0.15, 0.2) is 6.10 Å². The summed E-state index contributed by atoms with van der Waals surface area (Å²) in [4.78, 5) is 23.0. The zero-order valence-corrected chi connectivity index (χ0v) is 14.5. The summed E-state index contributed by atoms with van der Waals surface area (Å²) in [5.41, 5.74) is -0.847. The molecular formula is C18H18O8. The van der Waals surface area contributed by atoms with E-state index in [9.17, 15) is 9.59 Å². The van der Waals surface area contributed by atoms with Crippen LogP contribution in [0.15, 0.2) is 39.5 Å². The molecule has 8 heteroatoms. The van der Waals surface area contributed by atoms with Crippen molar-refractivity contribution in [1.82, 2.24) is 0 Å². The van der Waals surface area contributed by atoms with Crippen LogP contribution in [0, 0.1) is 0 Å². The zero-order valence-electron chi connectivity index (χ0n) is 14.5. The molecule has 4 atom stereocenters. The van der Waals surface area contributed by atoms with Gasteiger partial charge in [0, 0.05) is 24.6 Å². The largest absolute Gasteiger partial charge is 0.509 e. The van der Waals surface area contributed by atoms with Crippen LogP contribution < -0.4 is 10.4 Å². The van der Waals surface area contributed by atoms with Crippen molar-refractivity contribution in [1.29, 1.82) is 0 Å². The number of fused-ring (bicyclic) bond motifs is 2. The van der Waals surface area contributed by atoms with E-state index in [0.29, 0.717) is 11.3 Å². The molecule has 0 N–H and O–H groups in total. The van der Waals surface area contributed by atoms with E-state index in [-0.39, 0.29) is 0 Å². The van der Waals surface area contributed by atoms with Crippen LogP contribution in [0.4, 0.5) is 4.79 Å². The van der Waals surface area contributed by atoms with E-state index >= 15 is 0 Å². The highest BCUT2D eigenvalue weighted by Gasteiger charge is 2.58. The van der Waals surface area contributed by atoms with Crippen LogP contribution in [0.25, 0.3) is 11.0 Å². The fraction of sp³-hybridized carbons (Fsp3) is 0.444. The average Bonchev–Trinajstić information content (AvgIpc) is 2.95. The molecule has 26 heavy (non-hydrogen) atoms. The summed E-state index contributed by atoms with van der Waals surface area (Å²) in [5.74, 6) is 0.408. The summed E-state index contributed by atoms with van der Waals surface area (Å²) < 4.78 is 33.0. The number of carbonyl (C=O) groups is 1. The van der Waals surface area contributed by atoms with Crippen LogP contribution in [0.5, 0.6) is 5.75 Å². The van der Waals surface area contributed by atoms with Crippen molar-refractivity contribution < 1.29 is 32.9 Å². The lowest BCUT2D eigenvalue weighted by Gasteiger charge is -2.45. The molecule has 0 spiro atoms. The molecule has 0 bridgehead atoms. The molecule has 2 saturated heterocycles. The lowest BCUT2D eigenvalue weighted by Crippen LogP contribution is -2.62. The average molecular weight is 362 g/mol. The first-order valence-corrected chi connectivity index (χ1v) is 8.16. The third kappa shape index (κ3) is 2.81. The molecule has 138 valence electrons. The van der Waals surface area contributed by atoms with Crippen LogP contribution in [-0.2, 0) is 18.9 Å². The Morgan fingerprint density at radius 2 is 1.77 bits per heavy atom. The number of rotatable bonds is 3. The summed E-state index contributed by atoms with van der Waals surface area (Å²) in [6, 6.07) is 8.07. The van der Waals surface area contributed by atoms with Gasteiger partial charge in [-0.3, -0.25) is 0 Å². The van der Waals surface area contributed by atoms with E-state index in [1.54, 1.807) is 24.3 Å². The first kappa shape index (κ1) is 16.9. The van der Waals surface area contributed by atoms with Gasteiger partial charge in [0.2, 0.25) is 12.4 Å². The van der Waals surface area contributed by atoms with Gasteiger partial charge in [-0.2, -0.15) is 0 Å². The Balaban J connectivity index is 1.64. The maximum absolute atomic E-state index is 11.6. The fourth-order valence-corrected chi connectivity index (χ4v) is 3.42. The number of methoxy groups -OCH3 is 1. The number of hydrogen-bond donors (Lipinski definition) is 0. The van der Waals surface area contributed by atoms with E-state index in [0.717, 1.165) is 5.39 Å². The molecule has 0 radical (unpaired) electrons. The summed E-state index contributed by atoms with van der Waals surface area (Å²) in [5, 5.41) is 0.759. The van der Waals surface area contributed by atoms with Crippen molar-refractivity contribution in [3.05, 3.63) is 40.8 Å². The zero-order chi connectivity index (χ0) is 18.5. The topological polar surface area (TPSA) is 93.4 Å². The van der Waals surface area contributed by atoms with Crippen LogP contribution in [0.3, 0.4) is 0 Å². The molecule has 2 aliphatic rings. The highest BCUT2D eigenvalue weighted by Crippen LogP contribution is 2.38. The number of benzene rings is 1. The number of hydrogen-bond acceptors (Lipinski definition) is 8. The van der Waals surface area contributed by atoms with Gasteiger partial charge >= 0.3 is 11.8 Å². The lowest BCUT2D eigenvalue weighted by atomic mass is 9.89. The Kier molecular flexibility index (Phi) is 3.89. The molecule has 2 aliphatic heterocycles. The maximum Gasteiger partial charge on any atom is 0.509 e. The SMILES string of the molecule is CO[C@@H]1C2OC(=O)O[C@@H]2C(Oc2ccc3ccc(=O)oc3c2)OC1(C)C. The fourth-order valence-electron chi connectivity index (χ4n) is 3.42. The highest BCUT2D eigenvalue weighted by atomic mass is 16.8. The Labute approximate surface area is 148 Å². The summed E-state index contributed by atoms with van der Waals surface area (Å²) in [6.45, 7) is 3.64. The molecule has 2 unspecified atom stereocenters. The molecule has 0 aliphatic carbocycles. The summed E-state index contributed by atoms with van der Waals surface area (Å²) in [7, 11) is 1.52. The van der Waals surface area contributed by atoms with Crippen molar-refractivity contribution in [3.8, 4) is 5.75 Å². The van der Waals surface area contributed by atoms with E-state index in [1.165, 1.54) is 13.2 Å². The van der Waals surface area contributed by atoms with Crippen molar-refractivity contribution in [2.24, 2.45) is 0 Å². The molecule has 0 amide bonds. The second kappa shape index (κ2) is 6.00. The highest BCUT2D eigenvalue weighted by molar-refractivity contribution is 5.77. The van der Waals surface area contributed by atoms with Gasteiger partial charge < -0.3 is 28.1 Å². The second-order valence-electron chi connectivity index (χ2n) is 6.73. The molecule has 2 fully saturated rings. The van der Waals surface area contributed by atoms with Gasteiger partial charge in [0.25, 0.3) is 0 Å². The Morgan fingerprint density at radius 3 is 2.54 bits per heavy atom. The number of carbonyl (C=O) groups excluding carboxylic acids is 1. The predicted molar refractivity (Wildman–Crippen MR) is 88.0 cm³/mol. The van der Waals surface area contributed by atoms with E-state index in [2.05, 4.69) is 0 Å². The van der Waals surface area contributed by atoms with Crippen molar-refractivity contribution in [3.63, 3.8) is 0 Å². The first-order valence-electron chi connectivity index (χ1n) is 8.16. The third-order valence-electron chi connectivity index (χ3n) is 4.56. The van der Waals surface area contributed by atoms with Gasteiger partial charge in [-0.1, -0.05) is 0 Å². The van der Waals surface area contributed by atoms with Crippen LogP contribution in [0.2, 0.25) is 0 Å². The van der Waals surface area contributed by atoms with E-state index in [1.807, 2.05) is 13.8 Å². The van der Waals surface area contributed by atoms with Crippen LogP contribution >= 0.6 is 0 Å². The van der Waals surface area contributed by atoms with Gasteiger partial charge in [0.05, 0.1) is 5.60 Å². The standard InChI is InChI=1S/C18H18O8/c1-18(2)15(21-3)13-14(25-17(20)24-13)16(26-18)22-10-6-4-9-5-7-12(19)23-11(9)8-10/h4-8,13-16H,1-3H3/t13?,14-,15+,16?/m0/s1. The van der Waals surface area contributed by atoms with Crippen LogP contribution in [0.1, 0.15) is 13.8 Å². The molecule has 1 aromatic heterocycles. The quantitative estimate of drug-likeness (QED) is 0.606. The maximum atomic E-state index is 11.6. The Hall–Kier alpha value is -2.58. The summed E-state index contributed by atoms with van der Waals surface area (Å²) >= 11 is 0. The first-order chi connectivity index (χ1) is 12.4. The predicted octanol–water partition coefficient (Wildman–Crippen LogP) is 2.23. The molecule has 8 nitrogen and oxygen atoms in total. The van der Waals surface area contributed by atoms with Gasteiger partial charge in [-0.05, 0) is 32.0 Å². The van der Waals surface area contributed by atoms with Crippen molar-refractivity contribution in [2.45, 2.75) is 44.1 Å². The molecule has 1 aromatic carbocycles. The molecule has 0 saturated carbocycles.